The molecule has 2 aromatic heterocycles. The second-order valence-corrected chi connectivity index (χ2v) is 3.61. The average Bonchev–Trinajstić information content (AvgIpc) is 2.58. The highest BCUT2D eigenvalue weighted by Gasteiger charge is 2.09. The molecule has 0 saturated heterocycles. The lowest BCUT2D eigenvalue weighted by atomic mass is 10.3. The molecule has 0 aliphatic rings. The van der Waals surface area contributed by atoms with Gasteiger partial charge in [0.15, 0.2) is 5.82 Å². The van der Waals surface area contributed by atoms with Crippen LogP contribution in [0.5, 0.6) is 5.88 Å². The number of nitrogens with two attached hydrogens (primary N) is 1. The Kier molecular flexibility index (Phi) is 2.52. The molecule has 2 heterocycles. The number of anilines is 1. The fourth-order valence-electron chi connectivity index (χ4n) is 1.57. The first-order chi connectivity index (χ1) is 7.61. The minimum atomic E-state index is 0.525. The molecule has 2 aromatic rings. The van der Waals surface area contributed by atoms with Crippen molar-refractivity contribution in [3.05, 3.63) is 29.6 Å². The number of hydrogen-bond donors (Lipinski definition) is 1. The summed E-state index contributed by atoms with van der Waals surface area (Å²) >= 11 is 0. The van der Waals surface area contributed by atoms with E-state index in [1.165, 1.54) is 0 Å². The highest BCUT2D eigenvalue weighted by molar-refractivity contribution is 5.54. The molecule has 0 aliphatic carbocycles. The van der Waals surface area contributed by atoms with E-state index in [4.69, 9.17) is 10.5 Å². The van der Waals surface area contributed by atoms with E-state index in [1.807, 2.05) is 19.9 Å². The van der Waals surface area contributed by atoms with Crippen LogP contribution in [0.15, 0.2) is 18.2 Å². The third kappa shape index (κ3) is 1.71. The average molecular weight is 218 g/mol. The monoisotopic (exact) mass is 218 g/mol. The van der Waals surface area contributed by atoms with Gasteiger partial charge in [-0.25, -0.2) is 4.68 Å². The third-order valence-electron chi connectivity index (χ3n) is 2.30. The van der Waals surface area contributed by atoms with E-state index in [1.54, 1.807) is 23.9 Å². The smallest absolute Gasteiger partial charge is 0.215 e. The van der Waals surface area contributed by atoms with Crippen LogP contribution in [0.2, 0.25) is 0 Å². The van der Waals surface area contributed by atoms with Crippen LogP contribution < -0.4 is 10.5 Å². The van der Waals surface area contributed by atoms with E-state index in [9.17, 15) is 0 Å². The minimum Gasteiger partial charge on any atom is -0.481 e. The normalized spacial score (nSPS) is 10.4. The molecule has 5 heteroatoms. The summed E-state index contributed by atoms with van der Waals surface area (Å²) in [5, 5.41) is 4.34. The molecule has 0 amide bonds. The van der Waals surface area contributed by atoms with Crippen molar-refractivity contribution in [1.29, 1.82) is 0 Å². The predicted molar refractivity (Wildman–Crippen MR) is 61.8 cm³/mol. The van der Waals surface area contributed by atoms with Crippen LogP contribution in [-0.2, 0) is 0 Å². The van der Waals surface area contributed by atoms with Crippen LogP contribution in [0, 0.1) is 13.8 Å². The van der Waals surface area contributed by atoms with Gasteiger partial charge in [0.2, 0.25) is 5.88 Å². The number of aryl methyl sites for hydroxylation is 2. The summed E-state index contributed by atoms with van der Waals surface area (Å²) in [6.45, 7) is 3.89. The van der Waals surface area contributed by atoms with Crippen molar-refractivity contribution in [2.45, 2.75) is 13.8 Å². The lowest BCUT2D eigenvalue weighted by molar-refractivity contribution is 0.397. The highest BCUT2D eigenvalue weighted by atomic mass is 16.5. The van der Waals surface area contributed by atoms with Gasteiger partial charge in [-0.3, -0.25) is 0 Å². The molecule has 16 heavy (non-hydrogen) atoms. The molecule has 0 saturated carbocycles. The van der Waals surface area contributed by atoms with Crippen molar-refractivity contribution >= 4 is 5.69 Å². The number of hydrogen-bond acceptors (Lipinski definition) is 4. The van der Waals surface area contributed by atoms with E-state index >= 15 is 0 Å². The summed E-state index contributed by atoms with van der Waals surface area (Å²) in [6, 6.07) is 5.46. The lowest BCUT2D eigenvalue weighted by Gasteiger charge is -2.08. The first-order valence-electron chi connectivity index (χ1n) is 4.96. The van der Waals surface area contributed by atoms with Crippen molar-refractivity contribution in [2.75, 3.05) is 12.8 Å². The number of nitrogens with zero attached hydrogens (tertiary/aromatic N) is 3. The van der Waals surface area contributed by atoms with Gasteiger partial charge in [-0.05, 0) is 26.0 Å². The van der Waals surface area contributed by atoms with E-state index in [0.717, 1.165) is 11.4 Å². The standard InChI is InChI=1S/C11H14N4O/c1-7-6-8(2)15(14-7)11-9(12)4-5-10(13-11)16-3/h4-6H,12H2,1-3H3. The van der Waals surface area contributed by atoms with E-state index < -0.39 is 0 Å². The van der Waals surface area contributed by atoms with E-state index in [0.29, 0.717) is 17.4 Å². The quantitative estimate of drug-likeness (QED) is 0.829. The molecule has 0 spiro atoms. The van der Waals surface area contributed by atoms with Gasteiger partial charge in [0.1, 0.15) is 0 Å². The summed E-state index contributed by atoms with van der Waals surface area (Å²) in [6.07, 6.45) is 0. The summed E-state index contributed by atoms with van der Waals surface area (Å²) < 4.78 is 6.79. The Morgan fingerprint density at radius 3 is 2.62 bits per heavy atom. The molecule has 0 bridgehead atoms. The van der Waals surface area contributed by atoms with E-state index in [2.05, 4.69) is 10.1 Å². The maximum Gasteiger partial charge on any atom is 0.215 e. The zero-order chi connectivity index (χ0) is 11.7. The van der Waals surface area contributed by atoms with Gasteiger partial charge in [0.25, 0.3) is 0 Å². The lowest BCUT2D eigenvalue weighted by Crippen LogP contribution is -2.06. The number of methoxy groups -OCH3 is 1. The number of aromatic nitrogens is 3. The van der Waals surface area contributed by atoms with Crippen molar-refractivity contribution in [3.63, 3.8) is 0 Å². The van der Waals surface area contributed by atoms with Crippen LogP contribution in [0.1, 0.15) is 11.4 Å². The molecule has 0 aliphatic heterocycles. The van der Waals surface area contributed by atoms with Gasteiger partial charge in [-0.2, -0.15) is 10.1 Å². The Labute approximate surface area is 93.9 Å². The highest BCUT2D eigenvalue weighted by Crippen LogP contribution is 2.20. The molecule has 84 valence electrons. The van der Waals surface area contributed by atoms with Crippen molar-refractivity contribution in [1.82, 2.24) is 14.8 Å². The van der Waals surface area contributed by atoms with Crippen molar-refractivity contribution in [3.8, 4) is 11.7 Å². The zero-order valence-corrected chi connectivity index (χ0v) is 9.56. The minimum absolute atomic E-state index is 0.525. The van der Waals surface area contributed by atoms with Gasteiger partial charge in [0, 0.05) is 11.8 Å². The predicted octanol–water partition coefficient (Wildman–Crippen LogP) is 1.47. The fraction of sp³-hybridized carbons (Fsp3) is 0.273. The topological polar surface area (TPSA) is 66.0 Å². The first kappa shape index (κ1) is 10.5. The summed E-state index contributed by atoms with van der Waals surface area (Å²) in [5.41, 5.74) is 8.37. The second kappa shape index (κ2) is 3.84. The summed E-state index contributed by atoms with van der Waals surface area (Å²) in [4.78, 5) is 4.29. The van der Waals surface area contributed by atoms with Crippen LogP contribution in [0.25, 0.3) is 5.82 Å². The molecule has 5 nitrogen and oxygen atoms in total. The number of ether oxygens (including phenoxy) is 1. The van der Waals surface area contributed by atoms with Crippen LogP contribution in [-0.4, -0.2) is 21.9 Å². The van der Waals surface area contributed by atoms with Crippen molar-refractivity contribution in [2.24, 2.45) is 0 Å². The van der Waals surface area contributed by atoms with Gasteiger partial charge in [-0.1, -0.05) is 0 Å². The second-order valence-electron chi connectivity index (χ2n) is 3.61. The Morgan fingerprint density at radius 1 is 1.31 bits per heavy atom. The molecular weight excluding hydrogens is 204 g/mol. The summed E-state index contributed by atoms with van der Waals surface area (Å²) in [5.74, 6) is 1.13. The third-order valence-corrected chi connectivity index (χ3v) is 2.30. The van der Waals surface area contributed by atoms with Crippen LogP contribution >= 0.6 is 0 Å². The molecular formula is C11H14N4O. The van der Waals surface area contributed by atoms with Gasteiger partial charge in [-0.15, -0.1) is 0 Å². The summed E-state index contributed by atoms with van der Waals surface area (Å²) in [7, 11) is 1.57. The molecule has 0 unspecified atom stereocenters. The largest absolute Gasteiger partial charge is 0.481 e. The Bertz CT molecular complexity index is 519. The molecule has 0 aromatic carbocycles. The molecule has 0 radical (unpaired) electrons. The molecule has 2 rings (SSSR count). The Balaban J connectivity index is 2.58. The van der Waals surface area contributed by atoms with Gasteiger partial charge < -0.3 is 10.5 Å². The Morgan fingerprint density at radius 2 is 2.06 bits per heavy atom. The van der Waals surface area contributed by atoms with Gasteiger partial charge in [0.05, 0.1) is 18.5 Å². The SMILES string of the molecule is COc1ccc(N)c(-n2nc(C)cc2C)n1. The molecule has 0 atom stereocenters. The maximum absolute atomic E-state index is 5.88. The first-order valence-corrected chi connectivity index (χ1v) is 4.96. The zero-order valence-electron chi connectivity index (χ0n) is 9.56. The number of nitrogen functional groups attached to an aromatic ring is 1. The maximum atomic E-state index is 5.88. The van der Waals surface area contributed by atoms with Crippen LogP contribution in [0.3, 0.4) is 0 Å². The van der Waals surface area contributed by atoms with Crippen LogP contribution in [0.4, 0.5) is 5.69 Å². The number of rotatable bonds is 2. The molecule has 0 fully saturated rings. The van der Waals surface area contributed by atoms with Crippen molar-refractivity contribution < 1.29 is 4.74 Å². The Hall–Kier alpha value is -2.04. The molecule has 2 N–H and O–H groups in total. The van der Waals surface area contributed by atoms with Gasteiger partial charge >= 0.3 is 0 Å². The number of pyridine rings is 1. The fourth-order valence-corrected chi connectivity index (χ4v) is 1.57. The van der Waals surface area contributed by atoms with E-state index in [-0.39, 0.29) is 0 Å².